The molecule has 0 aliphatic heterocycles. The molecule has 1 saturated carbocycles. The second kappa shape index (κ2) is 5.60. The fourth-order valence-corrected chi connectivity index (χ4v) is 2.76. The molecule has 0 unspecified atom stereocenters. The number of anilines is 1. The first-order valence-electron chi connectivity index (χ1n) is 6.30. The quantitative estimate of drug-likeness (QED) is 0.893. The molecule has 0 amide bonds. The third-order valence-electron chi connectivity index (χ3n) is 3.75. The summed E-state index contributed by atoms with van der Waals surface area (Å²) in [7, 11) is 2.05. The molecule has 96 valence electrons. The van der Waals surface area contributed by atoms with Crippen LogP contribution in [0.2, 0.25) is 5.02 Å². The third-order valence-corrected chi connectivity index (χ3v) is 3.98. The van der Waals surface area contributed by atoms with Gasteiger partial charge in [0, 0.05) is 24.2 Å². The number of hydrogen-bond donors (Lipinski definition) is 1. The SMILES string of the molecule is CN(c1ccc(Cl)cc1C#N)C1CCC(N)CC1. The molecule has 1 aromatic rings. The van der Waals surface area contributed by atoms with Crippen molar-refractivity contribution in [3.8, 4) is 6.07 Å². The van der Waals surface area contributed by atoms with E-state index < -0.39 is 0 Å². The first kappa shape index (κ1) is 13.2. The smallest absolute Gasteiger partial charge is 0.101 e. The number of halogens is 1. The molecule has 0 radical (unpaired) electrons. The first-order valence-corrected chi connectivity index (χ1v) is 6.67. The second-order valence-corrected chi connectivity index (χ2v) is 5.39. The normalized spacial score (nSPS) is 23.4. The van der Waals surface area contributed by atoms with Gasteiger partial charge >= 0.3 is 0 Å². The summed E-state index contributed by atoms with van der Waals surface area (Å²) in [6.45, 7) is 0. The predicted octanol–water partition coefficient (Wildman–Crippen LogP) is 2.92. The summed E-state index contributed by atoms with van der Waals surface area (Å²) < 4.78 is 0. The van der Waals surface area contributed by atoms with E-state index in [0.717, 1.165) is 31.4 Å². The molecule has 1 aliphatic carbocycles. The van der Waals surface area contributed by atoms with Crippen LogP contribution >= 0.6 is 11.6 Å². The lowest BCUT2D eigenvalue weighted by Gasteiger charge is -2.35. The molecule has 0 heterocycles. The minimum absolute atomic E-state index is 0.343. The van der Waals surface area contributed by atoms with Crippen molar-refractivity contribution < 1.29 is 0 Å². The Morgan fingerprint density at radius 2 is 2.00 bits per heavy atom. The number of hydrogen-bond acceptors (Lipinski definition) is 3. The Morgan fingerprint density at radius 1 is 1.33 bits per heavy atom. The van der Waals surface area contributed by atoms with Crippen LogP contribution < -0.4 is 10.6 Å². The van der Waals surface area contributed by atoms with Gasteiger partial charge in [0.25, 0.3) is 0 Å². The summed E-state index contributed by atoms with van der Waals surface area (Å²) in [5.41, 5.74) is 7.52. The minimum Gasteiger partial charge on any atom is -0.371 e. The van der Waals surface area contributed by atoms with Crippen LogP contribution in [0.25, 0.3) is 0 Å². The van der Waals surface area contributed by atoms with Crippen molar-refractivity contribution in [2.45, 2.75) is 37.8 Å². The van der Waals surface area contributed by atoms with Crippen LogP contribution in [0.4, 0.5) is 5.69 Å². The summed E-state index contributed by atoms with van der Waals surface area (Å²) >= 11 is 5.92. The average molecular weight is 264 g/mol. The van der Waals surface area contributed by atoms with Gasteiger partial charge in [0.2, 0.25) is 0 Å². The van der Waals surface area contributed by atoms with Crippen LogP contribution in [0.5, 0.6) is 0 Å². The monoisotopic (exact) mass is 263 g/mol. The zero-order valence-corrected chi connectivity index (χ0v) is 11.3. The molecular weight excluding hydrogens is 246 g/mol. The molecule has 0 atom stereocenters. The van der Waals surface area contributed by atoms with Crippen molar-refractivity contribution in [2.75, 3.05) is 11.9 Å². The lowest BCUT2D eigenvalue weighted by atomic mass is 9.90. The lowest BCUT2D eigenvalue weighted by Crippen LogP contribution is -2.39. The molecule has 0 aromatic heterocycles. The van der Waals surface area contributed by atoms with E-state index in [0.29, 0.717) is 22.7 Å². The van der Waals surface area contributed by atoms with Gasteiger partial charge in [-0.15, -0.1) is 0 Å². The highest BCUT2D eigenvalue weighted by Gasteiger charge is 2.23. The van der Waals surface area contributed by atoms with Crippen LogP contribution in [0, 0.1) is 11.3 Å². The Kier molecular flexibility index (Phi) is 4.11. The number of rotatable bonds is 2. The summed E-state index contributed by atoms with van der Waals surface area (Å²) in [4.78, 5) is 2.20. The highest BCUT2D eigenvalue weighted by Crippen LogP contribution is 2.29. The van der Waals surface area contributed by atoms with E-state index in [1.54, 1.807) is 6.07 Å². The maximum absolute atomic E-state index is 9.18. The van der Waals surface area contributed by atoms with Crippen molar-refractivity contribution in [1.29, 1.82) is 5.26 Å². The topological polar surface area (TPSA) is 53.0 Å². The Hall–Kier alpha value is -1.24. The minimum atomic E-state index is 0.343. The number of nitrogens with two attached hydrogens (primary N) is 1. The van der Waals surface area contributed by atoms with Crippen LogP contribution in [0.15, 0.2) is 18.2 Å². The van der Waals surface area contributed by atoms with Gasteiger partial charge in [-0.1, -0.05) is 11.6 Å². The van der Waals surface area contributed by atoms with Gasteiger partial charge in [0.05, 0.1) is 11.3 Å². The molecule has 0 saturated heterocycles. The molecule has 4 heteroatoms. The number of nitriles is 1. The van der Waals surface area contributed by atoms with Gasteiger partial charge in [-0.25, -0.2) is 0 Å². The Morgan fingerprint density at radius 3 is 2.61 bits per heavy atom. The van der Waals surface area contributed by atoms with Crippen LogP contribution in [-0.2, 0) is 0 Å². The van der Waals surface area contributed by atoms with Crippen LogP contribution in [0.1, 0.15) is 31.2 Å². The largest absolute Gasteiger partial charge is 0.371 e. The Balaban J connectivity index is 2.18. The highest BCUT2D eigenvalue weighted by molar-refractivity contribution is 6.30. The van der Waals surface area contributed by atoms with E-state index in [1.807, 2.05) is 19.2 Å². The van der Waals surface area contributed by atoms with E-state index in [1.165, 1.54) is 0 Å². The van der Waals surface area contributed by atoms with Crippen molar-refractivity contribution in [1.82, 2.24) is 0 Å². The maximum atomic E-state index is 9.18. The molecule has 2 rings (SSSR count). The predicted molar refractivity (Wildman–Crippen MR) is 74.8 cm³/mol. The van der Waals surface area contributed by atoms with E-state index in [-0.39, 0.29) is 0 Å². The van der Waals surface area contributed by atoms with Crippen molar-refractivity contribution in [2.24, 2.45) is 5.73 Å². The zero-order chi connectivity index (χ0) is 13.1. The lowest BCUT2D eigenvalue weighted by molar-refractivity contribution is 0.385. The maximum Gasteiger partial charge on any atom is 0.101 e. The van der Waals surface area contributed by atoms with Gasteiger partial charge in [-0.2, -0.15) is 5.26 Å². The second-order valence-electron chi connectivity index (χ2n) is 4.95. The third kappa shape index (κ3) is 2.77. The van der Waals surface area contributed by atoms with Gasteiger partial charge < -0.3 is 10.6 Å². The summed E-state index contributed by atoms with van der Waals surface area (Å²) in [5.74, 6) is 0. The molecule has 3 nitrogen and oxygen atoms in total. The van der Waals surface area contributed by atoms with Gasteiger partial charge in [0.15, 0.2) is 0 Å². The molecule has 1 fully saturated rings. The molecule has 1 aromatic carbocycles. The zero-order valence-electron chi connectivity index (χ0n) is 10.6. The van der Waals surface area contributed by atoms with Gasteiger partial charge in [-0.3, -0.25) is 0 Å². The Bertz CT molecular complexity index is 459. The molecule has 1 aliphatic rings. The Labute approximate surface area is 113 Å². The summed E-state index contributed by atoms with van der Waals surface area (Å²) in [6, 6.07) is 8.51. The van der Waals surface area contributed by atoms with E-state index in [2.05, 4.69) is 11.0 Å². The van der Waals surface area contributed by atoms with Gasteiger partial charge in [-0.05, 0) is 43.9 Å². The fraction of sp³-hybridized carbons (Fsp3) is 0.500. The standard InChI is InChI=1S/C14H18ClN3/c1-18(13-5-3-12(17)4-6-13)14-7-2-11(15)8-10(14)9-16/h2,7-8,12-13H,3-6,17H2,1H3. The summed E-state index contributed by atoms with van der Waals surface area (Å²) in [5, 5.41) is 9.78. The number of benzene rings is 1. The van der Waals surface area contributed by atoms with Crippen molar-refractivity contribution in [3.63, 3.8) is 0 Å². The molecule has 18 heavy (non-hydrogen) atoms. The molecule has 0 bridgehead atoms. The fourth-order valence-electron chi connectivity index (χ4n) is 2.59. The summed E-state index contributed by atoms with van der Waals surface area (Å²) in [6.07, 6.45) is 4.30. The van der Waals surface area contributed by atoms with Crippen LogP contribution in [0.3, 0.4) is 0 Å². The van der Waals surface area contributed by atoms with Gasteiger partial charge in [0.1, 0.15) is 6.07 Å². The van der Waals surface area contributed by atoms with E-state index in [9.17, 15) is 5.26 Å². The van der Waals surface area contributed by atoms with E-state index in [4.69, 9.17) is 17.3 Å². The van der Waals surface area contributed by atoms with E-state index >= 15 is 0 Å². The van der Waals surface area contributed by atoms with Crippen molar-refractivity contribution >= 4 is 17.3 Å². The molecule has 2 N–H and O–H groups in total. The molecule has 0 spiro atoms. The highest BCUT2D eigenvalue weighted by atomic mass is 35.5. The average Bonchev–Trinajstić information content (AvgIpc) is 2.38. The molecular formula is C14H18ClN3. The number of nitrogens with zero attached hydrogens (tertiary/aromatic N) is 2. The first-order chi connectivity index (χ1) is 8.61. The van der Waals surface area contributed by atoms with Crippen molar-refractivity contribution in [3.05, 3.63) is 28.8 Å². The van der Waals surface area contributed by atoms with Crippen LogP contribution in [-0.4, -0.2) is 19.1 Å².